The Kier molecular flexibility index (Phi) is 5.06. The van der Waals surface area contributed by atoms with Crippen molar-refractivity contribution >= 4 is 5.71 Å². The molecule has 0 radical (unpaired) electrons. The average Bonchev–Trinajstić information content (AvgIpc) is 2.53. The molecule has 1 aromatic carbocycles. The number of hydrogen-bond donors (Lipinski definition) is 0. The Bertz CT molecular complexity index is 580. The van der Waals surface area contributed by atoms with E-state index in [0.717, 1.165) is 11.3 Å². The van der Waals surface area contributed by atoms with Crippen molar-refractivity contribution in [1.29, 1.82) is 0 Å². The number of oxime groups is 1. The van der Waals surface area contributed by atoms with Crippen LogP contribution < -0.4 is 4.57 Å². The molecule has 0 amide bonds. The molecule has 0 aliphatic heterocycles. The summed E-state index contributed by atoms with van der Waals surface area (Å²) >= 11 is 0. The Hall–Kier alpha value is -2.20. The van der Waals surface area contributed by atoms with Crippen LogP contribution >= 0.6 is 0 Å². The summed E-state index contributed by atoms with van der Waals surface area (Å²) in [5.74, 6) is -0.749. The number of benzene rings is 1. The van der Waals surface area contributed by atoms with E-state index in [-0.39, 0.29) is 0 Å². The zero-order valence-corrected chi connectivity index (χ0v) is 12.7. The van der Waals surface area contributed by atoms with Gasteiger partial charge < -0.3 is 9.57 Å². The molecule has 2 rings (SSSR count). The summed E-state index contributed by atoms with van der Waals surface area (Å²) in [6.07, 6.45) is 4.00. The molecule has 0 saturated carbocycles. The lowest BCUT2D eigenvalue weighted by molar-refractivity contribution is -0.681. The SMILES string of the molecule is COC(C)(C)O/N=C(/C[n+]1ccccc1)c1ccccc1. The van der Waals surface area contributed by atoms with Crippen LogP contribution in [0.25, 0.3) is 0 Å². The van der Waals surface area contributed by atoms with Crippen LogP contribution in [-0.4, -0.2) is 18.6 Å². The van der Waals surface area contributed by atoms with Gasteiger partial charge in [-0.3, -0.25) is 0 Å². The predicted molar refractivity (Wildman–Crippen MR) is 81.8 cm³/mol. The molecule has 2 aromatic rings. The predicted octanol–water partition coefficient (Wildman–Crippen LogP) is 2.78. The first kappa shape index (κ1) is 15.2. The van der Waals surface area contributed by atoms with Crippen molar-refractivity contribution in [3.8, 4) is 0 Å². The van der Waals surface area contributed by atoms with Gasteiger partial charge in [-0.05, 0) is 0 Å². The van der Waals surface area contributed by atoms with Crippen molar-refractivity contribution in [3.05, 3.63) is 66.5 Å². The summed E-state index contributed by atoms with van der Waals surface area (Å²) in [7, 11) is 1.60. The van der Waals surface area contributed by atoms with E-state index in [0.29, 0.717) is 6.54 Å². The van der Waals surface area contributed by atoms with Crippen molar-refractivity contribution in [2.45, 2.75) is 26.2 Å². The number of aromatic nitrogens is 1. The van der Waals surface area contributed by atoms with Crippen molar-refractivity contribution in [1.82, 2.24) is 0 Å². The maximum atomic E-state index is 5.52. The topological polar surface area (TPSA) is 34.7 Å². The van der Waals surface area contributed by atoms with Gasteiger partial charge in [0.25, 0.3) is 0 Å². The fourth-order valence-electron chi connectivity index (χ4n) is 1.72. The molecule has 21 heavy (non-hydrogen) atoms. The van der Waals surface area contributed by atoms with Gasteiger partial charge in [0.2, 0.25) is 5.79 Å². The quantitative estimate of drug-likeness (QED) is 0.354. The monoisotopic (exact) mass is 285 g/mol. The van der Waals surface area contributed by atoms with E-state index in [1.807, 2.05) is 74.8 Å². The second-order valence-corrected chi connectivity index (χ2v) is 5.15. The Morgan fingerprint density at radius 2 is 1.67 bits per heavy atom. The normalized spacial score (nSPS) is 12.2. The van der Waals surface area contributed by atoms with Crippen LogP contribution in [-0.2, 0) is 16.1 Å². The molecule has 4 nitrogen and oxygen atoms in total. The van der Waals surface area contributed by atoms with E-state index in [2.05, 4.69) is 9.72 Å². The lowest BCUT2D eigenvalue weighted by atomic mass is 10.1. The second kappa shape index (κ2) is 6.99. The van der Waals surface area contributed by atoms with E-state index in [4.69, 9.17) is 9.57 Å². The number of pyridine rings is 1. The number of ether oxygens (including phenoxy) is 1. The largest absolute Gasteiger partial charge is 0.360 e. The number of hydrogen-bond acceptors (Lipinski definition) is 3. The number of methoxy groups -OCH3 is 1. The summed E-state index contributed by atoms with van der Waals surface area (Å²) in [4.78, 5) is 5.52. The highest BCUT2D eigenvalue weighted by molar-refractivity contribution is 5.99. The molecule has 1 aromatic heterocycles. The van der Waals surface area contributed by atoms with Crippen LogP contribution in [0, 0.1) is 0 Å². The molecule has 0 atom stereocenters. The van der Waals surface area contributed by atoms with Crippen LogP contribution in [0.5, 0.6) is 0 Å². The molecule has 0 saturated heterocycles. The maximum absolute atomic E-state index is 5.52. The van der Waals surface area contributed by atoms with Crippen molar-refractivity contribution in [3.63, 3.8) is 0 Å². The Labute approximate surface area is 125 Å². The van der Waals surface area contributed by atoms with Gasteiger partial charge in [0.15, 0.2) is 24.7 Å². The zero-order chi connectivity index (χ0) is 15.1. The fourth-order valence-corrected chi connectivity index (χ4v) is 1.72. The first-order valence-electron chi connectivity index (χ1n) is 6.90. The Balaban J connectivity index is 2.25. The van der Waals surface area contributed by atoms with Gasteiger partial charge in [-0.25, -0.2) is 0 Å². The highest BCUT2D eigenvalue weighted by Crippen LogP contribution is 2.11. The maximum Gasteiger partial charge on any atom is 0.230 e. The zero-order valence-electron chi connectivity index (χ0n) is 12.7. The van der Waals surface area contributed by atoms with Gasteiger partial charge >= 0.3 is 0 Å². The van der Waals surface area contributed by atoms with E-state index in [9.17, 15) is 0 Å². The van der Waals surface area contributed by atoms with Crippen LogP contribution in [0.3, 0.4) is 0 Å². The molecule has 1 heterocycles. The molecule has 0 unspecified atom stereocenters. The van der Waals surface area contributed by atoms with Gasteiger partial charge in [0, 0.05) is 38.7 Å². The van der Waals surface area contributed by atoms with Gasteiger partial charge in [0.05, 0.1) is 0 Å². The summed E-state index contributed by atoms with van der Waals surface area (Å²) in [6, 6.07) is 16.0. The third kappa shape index (κ3) is 4.68. The second-order valence-electron chi connectivity index (χ2n) is 5.15. The minimum absolute atomic E-state index is 0.630. The lowest BCUT2D eigenvalue weighted by Gasteiger charge is -2.20. The smallest absolute Gasteiger partial charge is 0.230 e. The summed E-state index contributed by atoms with van der Waals surface area (Å²) < 4.78 is 7.29. The van der Waals surface area contributed by atoms with E-state index >= 15 is 0 Å². The van der Waals surface area contributed by atoms with Crippen molar-refractivity contribution in [2.24, 2.45) is 5.16 Å². The molecule has 0 N–H and O–H groups in total. The summed E-state index contributed by atoms with van der Waals surface area (Å²) in [5.41, 5.74) is 1.87. The van der Waals surface area contributed by atoms with Gasteiger partial charge in [-0.15, -0.1) is 0 Å². The molecule has 110 valence electrons. The van der Waals surface area contributed by atoms with E-state index < -0.39 is 5.79 Å². The lowest BCUT2D eigenvalue weighted by Crippen LogP contribution is -2.37. The molecule has 0 aliphatic carbocycles. The Morgan fingerprint density at radius 3 is 2.29 bits per heavy atom. The van der Waals surface area contributed by atoms with Crippen LogP contribution in [0.2, 0.25) is 0 Å². The summed E-state index contributed by atoms with van der Waals surface area (Å²) in [5, 5.41) is 4.30. The van der Waals surface area contributed by atoms with Gasteiger partial charge in [0.1, 0.15) is 0 Å². The minimum atomic E-state index is -0.749. The van der Waals surface area contributed by atoms with Gasteiger partial charge in [-0.1, -0.05) is 41.6 Å². The molecule has 0 bridgehead atoms. The van der Waals surface area contributed by atoms with Crippen molar-refractivity contribution < 1.29 is 14.1 Å². The highest BCUT2D eigenvalue weighted by atomic mass is 16.8. The van der Waals surface area contributed by atoms with Crippen LogP contribution in [0.4, 0.5) is 0 Å². The van der Waals surface area contributed by atoms with Crippen LogP contribution in [0.15, 0.2) is 66.1 Å². The molecule has 0 fully saturated rings. The molecule has 0 aliphatic rings. The Morgan fingerprint density at radius 1 is 1.05 bits per heavy atom. The third-order valence-corrected chi connectivity index (χ3v) is 3.08. The standard InChI is InChI=1S/C17H21N2O2/c1-17(2,20-3)21-18-16(15-10-6-4-7-11-15)14-19-12-8-5-9-13-19/h4-13H,14H2,1-3H3/q+1/b18-16-. The number of rotatable bonds is 6. The van der Waals surface area contributed by atoms with Gasteiger partial charge in [-0.2, -0.15) is 4.57 Å². The number of nitrogens with zero attached hydrogens (tertiary/aromatic N) is 2. The first-order chi connectivity index (χ1) is 10.1. The molecular formula is C17H21N2O2+. The first-order valence-corrected chi connectivity index (χ1v) is 6.90. The molecule has 0 spiro atoms. The summed E-state index contributed by atoms with van der Waals surface area (Å²) in [6.45, 7) is 4.29. The average molecular weight is 285 g/mol. The van der Waals surface area contributed by atoms with Crippen molar-refractivity contribution in [2.75, 3.05) is 7.11 Å². The molecule has 4 heteroatoms. The highest BCUT2D eigenvalue weighted by Gasteiger charge is 2.19. The third-order valence-electron chi connectivity index (χ3n) is 3.08. The fraction of sp³-hybridized carbons (Fsp3) is 0.294. The van der Waals surface area contributed by atoms with Crippen LogP contribution in [0.1, 0.15) is 19.4 Å². The van der Waals surface area contributed by atoms with E-state index in [1.165, 1.54) is 0 Å². The molecular weight excluding hydrogens is 264 g/mol. The minimum Gasteiger partial charge on any atom is -0.360 e. The van der Waals surface area contributed by atoms with E-state index in [1.54, 1.807) is 7.11 Å².